The second-order valence-electron chi connectivity index (χ2n) is 7.41. The van der Waals surface area contributed by atoms with Crippen LogP contribution in [0.4, 0.5) is 13.2 Å². The van der Waals surface area contributed by atoms with E-state index in [4.69, 9.17) is 4.52 Å². The van der Waals surface area contributed by atoms with E-state index in [1.807, 2.05) is 4.90 Å². The van der Waals surface area contributed by atoms with E-state index >= 15 is 0 Å². The minimum Gasteiger partial charge on any atom is -0.339 e. The zero-order valence-corrected chi connectivity index (χ0v) is 17.0. The molecule has 3 heterocycles. The van der Waals surface area contributed by atoms with Crippen LogP contribution in [0.5, 0.6) is 0 Å². The summed E-state index contributed by atoms with van der Waals surface area (Å²) in [6.45, 7) is 2.41. The lowest BCUT2D eigenvalue weighted by Gasteiger charge is -2.34. The van der Waals surface area contributed by atoms with Crippen LogP contribution in [-0.2, 0) is 24.1 Å². The summed E-state index contributed by atoms with van der Waals surface area (Å²) in [7, 11) is 0. The van der Waals surface area contributed by atoms with Crippen LogP contribution in [-0.4, -0.2) is 56.6 Å². The molecule has 3 aromatic rings. The maximum absolute atomic E-state index is 12.9. The Hall–Kier alpha value is -3.47. The van der Waals surface area contributed by atoms with Gasteiger partial charge in [-0.25, -0.2) is 0 Å². The molecule has 1 aromatic carbocycles. The van der Waals surface area contributed by atoms with Crippen LogP contribution < -0.4 is 5.56 Å². The molecule has 0 aliphatic carbocycles. The van der Waals surface area contributed by atoms with Gasteiger partial charge in [-0.05, 0) is 18.2 Å². The molecule has 1 saturated heterocycles. The lowest BCUT2D eigenvalue weighted by Crippen LogP contribution is -2.49. The molecule has 0 saturated carbocycles. The summed E-state index contributed by atoms with van der Waals surface area (Å²) in [4.78, 5) is 32.2. The second-order valence-corrected chi connectivity index (χ2v) is 7.41. The second kappa shape index (κ2) is 8.95. The maximum Gasteiger partial charge on any atom is 0.416 e. The van der Waals surface area contributed by atoms with Crippen LogP contribution in [0.2, 0.25) is 0 Å². The zero-order valence-electron chi connectivity index (χ0n) is 17.0. The fourth-order valence-corrected chi connectivity index (χ4v) is 3.45. The molecular weight excluding hydrogens is 427 g/mol. The van der Waals surface area contributed by atoms with Crippen molar-refractivity contribution in [1.82, 2.24) is 24.5 Å². The number of carbonyl (C=O) groups excluding carboxylic acids is 1. The molecule has 1 fully saturated rings. The molecule has 32 heavy (non-hydrogen) atoms. The number of alkyl halides is 3. The minimum absolute atomic E-state index is 0.0102. The van der Waals surface area contributed by atoms with Crippen LogP contribution in [0.3, 0.4) is 0 Å². The largest absolute Gasteiger partial charge is 0.416 e. The molecule has 11 heteroatoms. The van der Waals surface area contributed by atoms with Crippen LogP contribution in [0.15, 0.2) is 58.0 Å². The number of piperazine rings is 1. The highest BCUT2D eigenvalue weighted by molar-refractivity contribution is 5.76. The molecule has 0 N–H and O–H groups in total. The van der Waals surface area contributed by atoms with E-state index in [1.165, 1.54) is 22.8 Å². The molecule has 2 aromatic heterocycles. The Labute approximate surface area is 180 Å². The molecule has 1 amide bonds. The van der Waals surface area contributed by atoms with Gasteiger partial charge < -0.3 is 14.0 Å². The van der Waals surface area contributed by atoms with Crippen molar-refractivity contribution in [2.75, 3.05) is 26.2 Å². The van der Waals surface area contributed by atoms with Gasteiger partial charge in [0.25, 0.3) is 5.56 Å². The van der Waals surface area contributed by atoms with Crippen LogP contribution >= 0.6 is 0 Å². The van der Waals surface area contributed by atoms with E-state index in [-0.39, 0.29) is 35.3 Å². The quantitative estimate of drug-likeness (QED) is 0.597. The van der Waals surface area contributed by atoms with Crippen molar-refractivity contribution < 1.29 is 22.5 Å². The monoisotopic (exact) mass is 447 g/mol. The van der Waals surface area contributed by atoms with E-state index in [0.29, 0.717) is 32.7 Å². The minimum atomic E-state index is -4.45. The predicted molar refractivity (Wildman–Crippen MR) is 107 cm³/mol. The Bertz CT molecular complexity index is 1150. The summed E-state index contributed by atoms with van der Waals surface area (Å²) in [6, 6.07) is 9.49. The van der Waals surface area contributed by atoms with Crippen LogP contribution in [0.1, 0.15) is 11.5 Å². The molecule has 4 rings (SSSR count). The topological polar surface area (TPSA) is 84.5 Å². The van der Waals surface area contributed by atoms with Crippen molar-refractivity contribution in [2.45, 2.75) is 19.3 Å². The van der Waals surface area contributed by atoms with Gasteiger partial charge >= 0.3 is 6.18 Å². The van der Waals surface area contributed by atoms with E-state index < -0.39 is 11.7 Å². The van der Waals surface area contributed by atoms with Crippen LogP contribution in [0.25, 0.3) is 11.4 Å². The van der Waals surface area contributed by atoms with E-state index in [1.54, 1.807) is 23.2 Å². The molecule has 168 valence electrons. The van der Waals surface area contributed by atoms with E-state index in [0.717, 1.165) is 12.1 Å². The standard InChI is InChI=1S/C21H20F3N5O3/c22-21(23,24)16-5-3-4-15(12-16)20-25-17(32-26-20)13-27-8-10-28(11-9-27)19(31)14-29-7-2-1-6-18(29)30/h1-7,12H,8-11,13-14H2. The van der Waals surface area contributed by atoms with Crippen molar-refractivity contribution in [2.24, 2.45) is 0 Å². The van der Waals surface area contributed by atoms with Gasteiger partial charge in [0.15, 0.2) is 0 Å². The molecule has 1 aliphatic rings. The molecule has 0 bridgehead atoms. The number of halogens is 3. The molecule has 8 nitrogen and oxygen atoms in total. The molecule has 0 atom stereocenters. The average Bonchev–Trinajstić information content (AvgIpc) is 3.24. The first-order chi connectivity index (χ1) is 15.3. The third-order valence-electron chi connectivity index (χ3n) is 5.20. The molecule has 0 spiro atoms. The number of pyridine rings is 1. The van der Waals surface area contributed by atoms with Gasteiger partial charge in [0, 0.05) is 44.0 Å². The van der Waals surface area contributed by atoms with Crippen molar-refractivity contribution in [3.8, 4) is 11.4 Å². The fourth-order valence-electron chi connectivity index (χ4n) is 3.45. The van der Waals surface area contributed by atoms with Crippen molar-refractivity contribution >= 4 is 5.91 Å². The van der Waals surface area contributed by atoms with Gasteiger partial charge in [0.1, 0.15) is 6.54 Å². The van der Waals surface area contributed by atoms with Gasteiger partial charge in [0.05, 0.1) is 12.1 Å². The van der Waals surface area contributed by atoms with Gasteiger partial charge in [-0.1, -0.05) is 23.4 Å². The number of amides is 1. The van der Waals surface area contributed by atoms with E-state index in [9.17, 15) is 22.8 Å². The zero-order chi connectivity index (χ0) is 22.7. The fraction of sp³-hybridized carbons (Fsp3) is 0.333. The Balaban J connectivity index is 1.32. The highest BCUT2D eigenvalue weighted by atomic mass is 19.4. The van der Waals surface area contributed by atoms with E-state index in [2.05, 4.69) is 10.1 Å². The summed E-state index contributed by atoms with van der Waals surface area (Å²) < 4.78 is 45.3. The Morgan fingerprint density at radius 2 is 1.84 bits per heavy atom. The summed E-state index contributed by atoms with van der Waals surface area (Å²) in [6.07, 6.45) is -2.87. The summed E-state index contributed by atoms with van der Waals surface area (Å²) >= 11 is 0. The number of hydrogen-bond donors (Lipinski definition) is 0. The third-order valence-corrected chi connectivity index (χ3v) is 5.20. The summed E-state index contributed by atoms with van der Waals surface area (Å²) in [5.74, 6) is 0.240. The smallest absolute Gasteiger partial charge is 0.339 e. The highest BCUT2D eigenvalue weighted by Crippen LogP contribution is 2.31. The average molecular weight is 447 g/mol. The number of carbonyl (C=O) groups is 1. The maximum atomic E-state index is 12.9. The Morgan fingerprint density at radius 3 is 2.56 bits per heavy atom. The number of hydrogen-bond acceptors (Lipinski definition) is 6. The first-order valence-electron chi connectivity index (χ1n) is 9.95. The summed E-state index contributed by atoms with van der Waals surface area (Å²) in [5, 5.41) is 3.80. The molecule has 1 aliphatic heterocycles. The molecule has 0 radical (unpaired) electrons. The van der Waals surface area contributed by atoms with Gasteiger partial charge in [-0.3, -0.25) is 14.5 Å². The van der Waals surface area contributed by atoms with Crippen molar-refractivity contribution in [3.63, 3.8) is 0 Å². The first kappa shape index (κ1) is 21.8. The SMILES string of the molecule is O=C(Cn1ccccc1=O)N1CCN(Cc2nc(-c3cccc(C(F)(F)F)c3)no2)CC1. The molecule has 0 unspecified atom stereocenters. The third kappa shape index (κ3) is 5.05. The number of nitrogens with zero attached hydrogens (tertiary/aromatic N) is 5. The van der Waals surface area contributed by atoms with Gasteiger partial charge in [-0.15, -0.1) is 0 Å². The van der Waals surface area contributed by atoms with Crippen molar-refractivity contribution in [1.29, 1.82) is 0 Å². The number of benzene rings is 1. The van der Waals surface area contributed by atoms with Crippen LogP contribution in [0, 0.1) is 0 Å². The summed E-state index contributed by atoms with van der Waals surface area (Å²) in [5.41, 5.74) is -0.784. The first-order valence-corrected chi connectivity index (χ1v) is 9.95. The highest BCUT2D eigenvalue weighted by Gasteiger charge is 2.31. The lowest BCUT2D eigenvalue weighted by atomic mass is 10.1. The number of rotatable bonds is 5. The molecular formula is C21H20F3N5O3. The van der Waals surface area contributed by atoms with Crippen molar-refractivity contribution in [3.05, 3.63) is 70.5 Å². The predicted octanol–water partition coefficient (Wildman–Crippen LogP) is 2.26. The Morgan fingerprint density at radius 1 is 1.06 bits per heavy atom. The lowest BCUT2D eigenvalue weighted by molar-refractivity contribution is -0.137. The van der Waals surface area contributed by atoms with Gasteiger partial charge in [-0.2, -0.15) is 18.2 Å². The normalized spacial score (nSPS) is 15.2. The van der Waals surface area contributed by atoms with Gasteiger partial charge in [0.2, 0.25) is 17.6 Å². The Kier molecular flexibility index (Phi) is 6.08. The number of aromatic nitrogens is 3.